The number of fused-ring (bicyclic) bond motifs is 1. The molecule has 1 aliphatic rings. The molecule has 3 aromatic rings. The molecular weight excluding hydrogens is 405 g/mol. The van der Waals surface area contributed by atoms with E-state index in [0.717, 1.165) is 11.6 Å². The summed E-state index contributed by atoms with van der Waals surface area (Å²) in [6.45, 7) is 1.47. The van der Waals surface area contributed by atoms with Crippen molar-refractivity contribution < 1.29 is 13.2 Å². The first-order chi connectivity index (χ1) is 13.8. The van der Waals surface area contributed by atoms with E-state index in [2.05, 4.69) is 15.0 Å². The van der Waals surface area contributed by atoms with Gasteiger partial charge in [-0.1, -0.05) is 17.7 Å². The smallest absolute Gasteiger partial charge is 0.306 e. The lowest BCUT2D eigenvalue weighted by Crippen LogP contribution is -2.35. The maximum absolute atomic E-state index is 12.7. The van der Waals surface area contributed by atoms with Gasteiger partial charge in [0.05, 0.1) is 5.69 Å². The van der Waals surface area contributed by atoms with Crippen LogP contribution < -0.4 is 5.56 Å². The molecule has 0 amide bonds. The van der Waals surface area contributed by atoms with Crippen molar-refractivity contribution in [3.8, 4) is 11.4 Å². The van der Waals surface area contributed by atoms with E-state index in [1.807, 2.05) is 4.90 Å². The maximum atomic E-state index is 12.7. The van der Waals surface area contributed by atoms with Crippen molar-refractivity contribution in [2.24, 2.45) is 0 Å². The molecule has 0 spiro atoms. The highest BCUT2D eigenvalue weighted by Gasteiger charge is 2.32. The van der Waals surface area contributed by atoms with Crippen molar-refractivity contribution in [2.75, 3.05) is 6.54 Å². The van der Waals surface area contributed by atoms with Crippen molar-refractivity contribution in [3.05, 3.63) is 80.5 Å². The lowest BCUT2D eigenvalue weighted by molar-refractivity contribution is -0.141. The summed E-state index contributed by atoms with van der Waals surface area (Å²) in [7, 11) is 0. The fourth-order valence-electron chi connectivity index (χ4n) is 3.32. The van der Waals surface area contributed by atoms with Crippen molar-refractivity contribution in [2.45, 2.75) is 25.7 Å². The molecule has 1 aliphatic heterocycles. The summed E-state index contributed by atoms with van der Waals surface area (Å²) in [6.07, 6.45) is -2.69. The fourth-order valence-corrected chi connectivity index (χ4v) is 3.44. The third-order valence-electron chi connectivity index (χ3n) is 4.79. The third kappa shape index (κ3) is 4.33. The van der Waals surface area contributed by atoms with Crippen molar-refractivity contribution in [1.82, 2.24) is 19.9 Å². The molecule has 0 atom stereocenters. The van der Waals surface area contributed by atoms with E-state index in [-0.39, 0.29) is 5.56 Å². The highest BCUT2D eigenvalue weighted by atomic mass is 35.5. The van der Waals surface area contributed by atoms with Crippen LogP contribution in [0.4, 0.5) is 13.2 Å². The number of halogens is 4. The van der Waals surface area contributed by atoms with Crippen LogP contribution in [0.1, 0.15) is 22.5 Å². The Labute approximate surface area is 169 Å². The minimum atomic E-state index is -4.45. The van der Waals surface area contributed by atoms with Crippen LogP contribution in [0.3, 0.4) is 0 Å². The summed E-state index contributed by atoms with van der Waals surface area (Å²) in [6, 6.07) is 9.41. The summed E-state index contributed by atoms with van der Waals surface area (Å²) in [5.74, 6) is 0.462. The number of hydrogen-bond donors (Lipinski definition) is 1. The Bertz CT molecular complexity index is 1080. The van der Waals surface area contributed by atoms with Gasteiger partial charge in [-0.25, -0.2) is 4.98 Å². The van der Waals surface area contributed by atoms with Crippen LogP contribution in [-0.2, 0) is 25.7 Å². The van der Waals surface area contributed by atoms with Crippen LogP contribution in [-0.4, -0.2) is 26.4 Å². The minimum absolute atomic E-state index is 0.171. The normalized spacial score (nSPS) is 14.6. The highest BCUT2D eigenvalue weighted by Crippen LogP contribution is 2.27. The number of alkyl halides is 3. The second-order valence-electron chi connectivity index (χ2n) is 6.86. The molecule has 0 bridgehead atoms. The van der Waals surface area contributed by atoms with Crippen molar-refractivity contribution in [3.63, 3.8) is 0 Å². The number of aromatic nitrogens is 3. The second-order valence-corrected chi connectivity index (χ2v) is 7.29. The number of H-pyrrole nitrogens is 1. The number of nitrogens with zero attached hydrogens (tertiary/aromatic N) is 3. The van der Waals surface area contributed by atoms with Crippen LogP contribution >= 0.6 is 11.6 Å². The topological polar surface area (TPSA) is 61.9 Å². The molecule has 4 rings (SSSR count). The molecule has 0 aliphatic carbocycles. The molecule has 150 valence electrons. The molecule has 9 heteroatoms. The van der Waals surface area contributed by atoms with Crippen molar-refractivity contribution in [1.29, 1.82) is 0 Å². The van der Waals surface area contributed by atoms with Gasteiger partial charge in [0.1, 0.15) is 11.5 Å². The van der Waals surface area contributed by atoms with Crippen molar-refractivity contribution >= 4 is 11.6 Å². The minimum Gasteiger partial charge on any atom is -0.306 e. The first kappa shape index (κ1) is 19.6. The molecule has 3 heterocycles. The van der Waals surface area contributed by atoms with E-state index in [1.54, 1.807) is 24.3 Å². The van der Waals surface area contributed by atoms with Crippen LogP contribution in [0.25, 0.3) is 11.4 Å². The van der Waals surface area contributed by atoms with Gasteiger partial charge in [-0.05, 0) is 42.3 Å². The third-order valence-corrected chi connectivity index (χ3v) is 5.04. The fraction of sp³-hybridized carbons (Fsp3) is 0.250. The van der Waals surface area contributed by atoms with E-state index < -0.39 is 11.9 Å². The molecule has 1 aromatic carbocycles. The lowest BCUT2D eigenvalue weighted by atomic mass is 10.1. The zero-order valence-electron chi connectivity index (χ0n) is 15.1. The van der Waals surface area contributed by atoms with Gasteiger partial charge in [-0.2, -0.15) is 13.2 Å². The monoisotopic (exact) mass is 420 g/mol. The molecule has 1 N–H and O–H groups in total. The first-order valence-electron chi connectivity index (χ1n) is 8.92. The lowest BCUT2D eigenvalue weighted by Gasteiger charge is -2.27. The maximum Gasteiger partial charge on any atom is 0.433 e. The Kier molecular flexibility index (Phi) is 5.14. The zero-order chi connectivity index (χ0) is 20.6. The Balaban J connectivity index is 1.54. The van der Waals surface area contributed by atoms with E-state index in [9.17, 15) is 18.0 Å². The summed E-state index contributed by atoms with van der Waals surface area (Å²) >= 11 is 5.91. The molecule has 0 radical (unpaired) electrons. The first-order valence-corrected chi connectivity index (χ1v) is 9.30. The number of rotatable bonds is 3. The Morgan fingerprint density at radius 3 is 2.55 bits per heavy atom. The van der Waals surface area contributed by atoms with Crippen LogP contribution in [0.5, 0.6) is 0 Å². The molecule has 29 heavy (non-hydrogen) atoms. The number of pyridine rings is 1. The average Bonchev–Trinajstić information content (AvgIpc) is 2.68. The average molecular weight is 421 g/mol. The van der Waals surface area contributed by atoms with Gasteiger partial charge in [-0.15, -0.1) is 0 Å². The number of hydrogen-bond acceptors (Lipinski definition) is 4. The van der Waals surface area contributed by atoms with Gasteiger partial charge in [0.25, 0.3) is 5.56 Å². The zero-order valence-corrected chi connectivity index (χ0v) is 15.9. The molecule has 5 nitrogen and oxygen atoms in total. The van der Waals surface area contributed by atoms with Crippen LogP contribution in [0.2, 0.25) is 5.02 Å². The summed E-state index contributed by atoms with van der Waals surface area (Å²) in [5, 5.41) is 0.588. The molecule has 0 fully saturated rings. The second kappa shape index (κ2) is 7.61. The summed E-state index contributed by atoms with van der Waals surface area (Å²) in [4.78, 5) is 25.4. The predicted molar refractivity (Wildman–Crippen MR) is 102 cm³/mol. The molecule has 0 unspecified atom stereocenters. The quantitative estimate of drug-likeness (QED) is 0.694. The molecule has 0 saturated heterocycles. The highest BCUT2D eigenvalue weighted by molar-refractivity contribution is 6.30. The Hall–Kier alpha value is -2.71. The van der Waals surface area contributed by atoms with Gasteiger partial charge >= 0.3 is 6.18 Å². The molecule has 2 aromatic heterocycles. The van der Waals surface area contributed by atoms with Crippen LogP contribution in [0.15, 0.2) is 47.4 Å². The molecular formula is C20H16ClF3N4O. The Morgan fingerprint density at radius 1 is 1.14 bits per heavy atom. The van der Waals surface area contributed by atoms with Gasteiger partial charge in [0.2, 0.25) is 0 Å². The predicted octanol–water partition coefficient (Wildman–Crippen LogP) is 4.06. The summed E-state index contributed by atoms with van der Waals surface area (Å²) in [5.41, 5.74) is 1.65. The number of aromatic amines is 1. The van der Waals surface area contributed by atoms with E-state index >= 15 is 0 Å². The van der Waals surface area contributed by atoms with Gasteiger partial charge < -0.3 is 4.98 Å². The van der Waals surface area contributed by atoms with Gasteiger partial charge in [0.15, 0.2) is 0 Å². The number of benzene rings is 1. The van der Waals surface area contributed by atoms with Crippen LogP contribution in [0, 0.1) is 0 Å². The summed E-state index contributed by atoms with van der Waals surface area (Å²) < 4.78 is 38.0. The van der Waals surface area contributed by atoms with E-state index in [1.165, 1.54) is 12.3 Å². The molecule has 0 saturated carbocycles. The van der Waals surface area contributed by atoms with Gasteiger partial charge in [-0.3, -0.25) is 14.7 Å². The Morgan fingerprint density at radius 2 is 1.90 bits per heavy atom. The standard InChI is InChI=1S/C20H16ClF3N4O/c21-14-4-2-13(3-5-14)18-26-16-11-28(8-7-15(16)19(29)27-18)10-12-1-6-17(25-9-12)20(22,23)24/h1-6,9H,7-8,10-11H2,(H,26,27,29). The van der Waals surface area contributed by atoms with Gasteiger partial charge in [0, 0.05) is 42.0 Å². The SMILES string of the molecule is O=c1[nH]c(-c2ccc(Cl)cc2)nc2c1CCN(Cc1ccc(C(F)(F)F)nc1)C2. The largest absolute Gasteiger partial charge is 0.433 e. The number of nitrogens with one attached hydrogen (secondary N) is 1. The van der Waals surface area contributed by atoms with E-state index in [0.29, 0.717) is 53.7 Å². The van der Waals surface area contributed by atoms with E-state index in [4.69, 9.17) is 11.6 Å².